The maximum Gasteiger partial charge on any atom is 0.246 e. The summed E-state index contributed by atoms with van der Waals surface area (Å²) in [4.78, 5) is 43.3. The Bertz CT molecular complexity index is 1040. The first-order valence-corrected chi connectivity index (χ1v) is 14.6. The number of unbranched alkanes of at least 4 members (excludes halogenated alkanes) is 3. The minimum Gasteiger partial charge on any atom is -0.396 e. The molecule has 8 heteroatoms. The second-order valence-corrected chi connectivity index (χ2v) is 13.5. The number of rotatable bonds is 12. The Morgan fingerprint density at radius 1 is 1.05 bits per heavy atom. The maximum absolute atomic E-state index is 14.0. The van der Waals surface area contributed by atoms with Gasteiger partial charge in [-0.2, -0.15) is 0 Å². The average Bonchev–Trinajstić information content (AvgIpc) is 3.48. The van der Waals surface area contributed by atoms with E-state index in [1.807, 2.05) is 44.2 Å². The second kappa shape index (κ2) is 11.6. The van der Waals surface area contributed by atoms with E-state index in [9.17, 15) is 14.4 Å². The van der Waals surface area contributed by atoms with Gasteiger partial charge >= 0.3 is 0 Å². The number of hydrogen-bond acceptors (Lipinski definition) is 5. The molecule has 3 aliphatic heterocycles. The Morgan fingerprint density at radius 2 is 1.74 bits per heavy atom. The van der Waals surface area contributed by atoms with Crippen molar-refractivity contribution in [3.63, 3.8) is 0 Å². The first kappa shape index (κ1) is 29.5. The number of likely N-dealkylation sites (tertiary alicyclic amines) is 1. The fourth-order valence-corrected chi connectivity index (χ4v) is 7.42. The van der Waals surface area contributed by atoms with E-state index in [2.05, 4.69) is 31.4 Å². The van der Waals surface area contributed by atoms with Crippen molar-refractivity contribution in [2.24, 2.45) is 17.3 Å². The largest absolute Gasteiger partial charge is 0.396 e. The quantitative estimate of drug-likeness (QED) is 0.351. The first-order chi connectivity index (χ1) is 18.4. The summed E-state index contributed by atoms with van der Waals surface area (Å²) in [7, 11) is 0. The molecule has 0 saturated carbocycles. The van der Waals surface area contributed by atoms with Gasteiger partial charge in [0.05, 0.1) is 17.9 Å². The Labute approximate surface area is 233 Å². The molecule has 3 N–H and O–H groups in total. The van der Waals surface area contributed by atoms with Gasteiger partial charge in [-0.25, -0.2) is 0 Å². The maximum atomic E-state index is 14.0. The predicted molar refractivity (Wildman–Crippen MR) is 149 cm³/mol. The van der Waals surface area contributed by atoms with Crippen LogP contribution in [0.4, 0.5) is 0 Å². The summed E-state index contributed by atoms with van der Waals surface area (Å²) in [6.07, 6.45) is 4.85. The molecule has 2 unspecified atom stereocenters. The molecule has 1 aromatic rings. The molecule has 3 aliphatic rings. The predicted octanol–water partition coefficient (Wildman–Crippen LogP) is 3.56. The molecule has 39 heavy (non-hydrogen) atoms. The molecular weight excluding hydrogens is 494 g/mol. The highest BCUT2D eigenvalue weighted by atomic mass is 16.5. The Kier molecular flexibility index (Phi) is 8.76. The van der Waals surface area contributed by atoms with Crippen LogP contribution in [0.2, 0.25) is 0 Å². The smallest absolute Gasteiger partial charge is 0.246 e. The zero-order valence-corrected chi connectivity index (χ0v) is 24.3. The lowest BCUT2D eigenvalue weighted by atomic mass is 9.70. The SMILES string of the molecule is CC(C)(C)CC(C)(C)NC(=O)C1N(CCCCCCO)C(=O)[C@@H]2[C@@H](C(=O)NCc3ccccc3)[C@H]3CCC12O3. The van der Waals surface area contributed by atoms with Gasteiger partial charge in [0, 0.05) is 25.2 Å². The van der Waals surface area contributed by atoms with E-state index in [1.165, 1.54) is 0 Å². The van der Waals surface area contributed by atoms with E-state index in [4.69, 9.17) is 9.84 Å². The molecule has 0 aliphatic carbocycles. The topological polar surface area (TPSA) is 108 Å². The van der Waals surface area contributed by atoms with Crippen molar-refractivity contribution in [2.45, 2.75) is 109 Å². The first-order valence-electron chi connectivity index (χ1n) is 14.6. The fraction of sp³-hybridized carbons (Fsp3) is 0.710. The molecular formula is C31H47N3O5. The van der Waals surface area contributed by atoms with Crippen LogP contribution in [0.25, 0.3) is 0 Å². The number of fused-ring (bicyclic) bond motifs is 1. The van der Waals surface area contributed by atoms with Gasteiger partial charge in [0.15, 0.2) is 0 Å². The third kappa shape index (κ3) is 6.32. The van der Waals surface area contributed by atoms with Crippen molar-refractivity contribution in [1.82, 2.24) is 15.5 Å². The molecule has 0 radical (unpaired) electrons. The summed E-state index contributed by atoms with van der Waals surface area (Å²) < 4.78 is 6.55. The molecule has 5 atom stereocenters. The minimum absolute atomic E-state index is 0.0136. The number of nitrogens with one attached hydrogen (secondary N) is 2. The highest BCUT2D eigenvalue weighted by molar-refractivity contribution is 5.99. The van der Waals surface area contributed by atoms with Gasteiger partial charge in [-0.05, 0) is 56.9 Å². The van der Waals surface area contributed by atoms with Gasteiger partial charge in [0.25, 0.3) is 0 Å². The van der Waals surface area contributed by atoms with Crippen molar-refractivity contribution in [2.75, 3.05) is 13.2 Å². The highest BCUT2D eigenvalue weighted by Crippen LogP contribution is 2.58. The number of aliphatic hydroxyl groups is 1. The molecule has 1 aromatic carbocycles. The zero-order chi connectivity index (χ0) is 28.4. The summed E-state index contributed by atoms with van der Waals surface area (Å²) in [5, 5.41) is 15.4. The minimum atomic E-state index is -0.983. The van der Waals surface area contributed by atoms with Gasteiger partial charge in [-0.3, -0.25) is 14.4 Å². The molecule has 216 valence electrons. The van der Waals surface area contributed by atoms with Gasteiger partial charge in [0.1, 0.15) is 11.6 Å². The number of carbonyl (C=O) groups excluding carboxylic acids is 3. The van der Waals surface area contributed by atoms with E-state index in [1.54, 1.807) is 4.90 Å². The monoisotopic (exact) mass is 541 g/mol. The van der Waals surface area contributed by atoms with Gasteiger partial charge in [-0.15, -0.1) is 0 Å². The lowest BCUT2D eigenvalue weighted by Gasteiger charge is -2.38. The molecule has 1 spiro atoms. The number of aliphatic hydroxyl groups excluding tert-OH is 1. The summed E-state index contributed by atoms with van der Waals surface area (Å²) in [6, 6.07) is 8.95. The van der Waals surface area contributed by atoms with Crippen LogP contribution < -0.4 is 10.6 Å². The molecule has 8 nitrogen and oxygen atoms in total. The molecule has 3 amide bonds. The average molecular weight is 542 g/mol. The summed E-state index contributed by atoms with van der Waals surface area (Å²) in [5.41, 5.74) is -0.447. The van der Waals surface area contributed by atoms with E-state index in [0.29, 0.717) is 25.9 Å². The third-order valence-corrected chi connectivity index (χ3v) is 8.40. The molecule has 3 heterocycles. The van der Waals surface area contributed by atoms with Crippen LogP contribution in [0.3, 0.4) is 0 Å². The normalized spacial score (nSPS) is 28.1. The molecule has 4 rings (SSSR count). The molecule has 2 bridgehead atoms. The van der Waals surface area contributed by atoms with Crippen molar-refractivity contribution >= 4 is 17.7 Å². The van der Waals surface area contributed by atoms with E-state index >= 15 is 0 Å². The number of benzene rings is 1. The highest BCUT2D eigenvalue weighted by Gasteiger charge is 2.74. The Hall–Kier alpha value is -2.45. The molecule has 3 fully saturated rings. The number of hydrogen-bond donors (Lipinski definition) is 3. The standard InChI is InChI=1S/C31H47N3O5/c1-29(2,3)20-30(4,5)33-27(37)25-31-16-15-22(39-31)23(26(36)32-19-21-13-9-8-10-14-21)24(31)28(38)34(25)17-11-6-7-12-18-35/h8-10,13-14,22-25,35H,6-7,11-12,15-20H2,1-5H3,(H,32,36)(H,33,37)/t22-,23+,24+,25?,31?/m1/s1. The Morgan fingerprint density at radius 3 is 2.41 bits per heavy atom. The van der Waals surface area contributed by atoms with Crippen molar-refractivity contribution in [3.8, 4) is 0 Å². The van der Waals surface area contributed by atoms with Crippen molar-refractivity contribution < 1.29 is 24.2 Å². The van der Waals surface area contributed by atoms with Gasteiger partial charge < -0.3 is 25.4 Å². The molecule has 3 saturated heterocycles. The van der Waals surface area contributed by atoms with Crippen LogP contribution in [-0.4, -0.2) is 64.2 Å². The number of carbonyl (C=O) groups is 3. The lowest BCUT2D eigenvalue weighted by Crippen LogP contribution is -2.59. The second-order valence-electron chi connectivity index (χ2n) is 13.5. The lowest BCUT2D eigenvalue weighted by molar-refractivity contribution is -0.143. The van der Waals surface area contributed by atoms with Gasteiger partial charge in [-0.1, -0.05) is 63.9 Å². The van der Waals surface area contributed by atoms with E-state index < -0.39 is 29.0 Å². The van der Waals surface area contributed by atoms with E-state index in [0.717, 1.165) is 37.7 Å². The van der Waals surface area contributed by atoms with Crippen molar-refractivity contribution in [1.29, 1.82) is 0 Å². The fourth-order valence-electron chi connectivity index (χ4n) is 7.42. The van der Waals surface area contributed by atoms with Crippen LogP contribution in [0.1, 0.15) is 85.1 Å². The summed E-state index contributed by atoms with van der Waals surface area (Å²) >= 11 is 0. The zero-order valence-electron chi connectivity index (χ0n) is 24.3. The van der Waals surface area contributed by atoms with Crippen LogP contribution >= 0.6 is 0 Å². The third-order valence-electron chi connectivity index (χ3n) is 8.40. The Balaban J connectivity index is 1.57. The number of ether oxygens (including phenoxy) is 1. The van der Waals surface area contributed by atoms with Crippen LogP contribution in [0.5, 0.6) is 0 Å². The number of amides is 3. The number of nitrogens with zero attached hydrogens (tertiary/aromatic N) is 1. The van der Waals surface area contributed by atoms with Crippen molar-refractivity contribution in [3.05, 3.63) is 35.9 Å². The van der Waals surface area contributed by atoms with Crippen LogP contribution in [0.15, 0.2) is 30.3 Å². The molecule has 0 aromatic heterocycles. The van der Waals surface area contributed by atoms with Crippen LogP contribution in [0, 0.1) is 17.3 Å². The van der Waals surface area contributed by atoms with Gasteiger partial charge in [0.2, 0.25) is 17.7 Å². The van der Waals surface area contributed by atoms with Crippen LogP contribution in [-0.2, 0) is 25.7 Å². The summed E-state index contributed by atoms with van der Waals surface area (Å²) in [6.45, 7) is 11.5. The summed E-state index contributed by atoms with van der Waals surface area (Å²) in [5.74, 6) is -1.78. The van der Waals surface area contributed by atoms with E-state index in [-0.39, 0.29) is 35.8 Å².